The number of Topliss-reactive ketones (excluding diaryl/α,β-unsaturated/α-hetero) is 1. The lowest BCUT2D eigenvalue weighted by Crippen LogP contribution is -2.39. The van der Waals surface area contributed by atoms with Gasteiger partial charge in [0.05, 0.1) is 11.7 Å². The van der Waals surface area contributed by atoms with Gasteiger partial charge in [-0.2, -0.15) is 0 Å². The molecule has 0 aromatic heterocycles. The Morgan fingerprint density at radius 1 is 1.07 bits per heavy atom. The topological polar surface area (TPSA) is 49.4 Å². The number of rotatable bonds is 8. The maximum Gasteiger partial charge on any atom is 0.241 e. The van der Waals surface area contributed by atoms with Gasteiger partial charge in [-0.05, 0) is 37.1 Å². The number of ketones is 1. The zero-order valence-corrected chi connectivity index (χ0v) is 16.5. The zero-order valence-electron chi connectivity index (χ0n) is 16.5. The standard InChI is InChI=1S/C25H26N2O2/c1-3-11-20(4-2)24(28)21-14-8-9-15-22(21)26-25(29)23-16-10-17-27(23)18-19-12-6-5-7-13-19/h3-9,11-15,23H,1-2,10,16-18H2,(H,26,29)/b20-11+/t23-/m1/s1. The Hall–Kier alpha value is -3.24. The summed E-state index contributed by atoms with van der Waals surface area (Å²) in [6.45, 7) is 8.96. The van der Waals surface area contributed by atoms with E-state index in [9.17, 15) is 9.59 Å². The highest BCUT2D eigenvalue weighted by Gasteiger charge is 2.31. The van der Waals surface area contributed by atoms with Gasteiger partial charge in [-0.15, -0.1) is 0 Å². The van der Waals surface area contributed by atoms with Crippen LogP contribution in [0.5, 0.6) is 0 Å². The smallest absolute Gasteiger partial charge is 0.241 e. The summed E-state index contributed by atoms with van der Waals surface area (Å²) in [4.78, 5) is 28.1. The lowest BCUT2D eigenvalue weighted by molar-refractivity contribution is -0.120. The number of hydrogen-bond donors (Lipinski definition) is 1. The molecule has 3 rings (SSSR count). The number of para-hydroxylation sites is 1. The molecule has 1 N–H and O–H groups in total. The molecule has 4 heteroatoms. The van der Waals surface area contributed by atoms with Gasteiger partial charge in [0, 0.05) is 17.7 Å². The van der Waals surface area contributed by atoms with E-state index in [0.29, 0.717) is 16.8 Å². The quantitative estimate of drug-likeness (QED) is 0.404. The van der Waals surface area contributed by atoms with Crippen molar-refractivity contribution < 1.29 is 9.59 Å². The summed E-state index contributed by atoms with van der Waals surface area (Å²) in [5, 5.41) is 2.98. The van der Waals surface area contributed by atoms with Crippen molar-refractivity contribution in [3.8, 4) is 0 Å². The largest absolute Gasteiger partial charge is 0.324 e. The summed E-state index contributed by atoms with van der Waals surface area (Å²) in [6.07, 6.45) is 6.46. The molecule has 0 spiro atoms. The molecule has 4 nitrogen and oxygen atoms in total. The SMILES string of the molecule is C=C/C=C(\C=C)C(=O)c1ccccc1NC(=O)[C@H]1CCCN1Cc1ccccc1. The molecule has 1 heterocycles. The van der Waals surface area contributed by atoms with Gasteiger partial charge in [0.25, 0.3) is 0 Å². The van der Waals surface area contributed by atoms with Crippen molar-refractivity contribution in [2.75, 3.05) is 11.9 Å². The van der Waals surface area contributed by atoms with E-state index >= 15 is 0 Å². The fourth-order valence-corrected chi connectivity index (χ4v) is 3.66. The molecule has 29 heavy (non-hydrogen) atoms. The van der Waals surface area contributed by atoms with Crippen LogP contribution >= 0.6 is 0 Å². The Balaban J connectivity index is 1.77. The van der Waals surface area contributed by atoms with E-state index in [1.165, 1.54) is 11.6 Å². The number of likely N-dealkylation sites (tertiary alicyclic amines) is 1. The molecule has 2 aromatic carbocycles. The van der Waals surface area contributed by atoms with Crippen molar-refractivity contribution in [3.63, 3.8) is 0 Å². The van der Waals surface area contributed by atoms with Crippen molar-refractivity contribution in [1.82, 2.24) is 4.90 Å². The molecule has 2 aromatic rings. The maximum absolute atomic E-state index is 13.0. The average Bonchev–Trinajstić information content (AvgIpc) is 3.21. The van der Waals surface area contributed by atoms with Gasteiger partial charge in [0.2, 0.25) is 5.91 Å². The fourth-order valence-electron chi connectivity index (χ4n) is 3.66. The van der Waals surface area contributed by atoms with Gasteiger partial charge in [-0.25, -0.2) is 0 Å². The average molecular weight is 386 g/mol. The number of carbonyl (C=O) groups is 2. The summed E-state index contributed by atoms with van der Waals surface area (Å²) in [6, 6.07) is 17.0. The number of benzene rings is 2. The van der Waals surface area contributed by atoms with Crippen molar-refractivity contribution in [2.24, 2.45) is 0 Å². The normalized spacial score (nSPS) is 17.0. The number of amides is 1. The second-order valence-electron chi connectivity index (χ2n) is 7.04. The molecule has 0 saturated carbocycles. The number of hydrogen-bond acceptors (Lipinski definition) is 3. The van der Waals surface area contributed by atoms with Crippen LogP contribution in [-0.4, -0.2) is 29.2 Å². The molecule has 1 aliphatic rings. The predicted molar refractivity (Wildman–Crippen MR) is 118 cm³/mol. The first kappa shape index (κ1) is 20.5. The zero-order chi connectivity index (χ0) is 20.6. The van der Waals surface area contributed by atoms with Crippen molar-refractivity contribution in [1.29, 1.82) is 0 Å². The first-order valence-electron chi connectivity index (χ1n) is 9.81. The minimum atomic E-state index is -0.207. The third kappa shape index (κ3) is 4.98. The van der Waals surface area contributed by atoms with Crippen molar-refractivity contribution >= 4 is 17.4 Å². The Morgan fingerprint density at radius 3 is 2.52 bits per heavy atom. The third-order valence-corrected chi connectivity index (χ3v) is 5.10. The van der Waals surface area contributed by atoms with Crippen molar-refractivity contribution in [2.45, 2.75) is 25.4 Å². The molecule has 0 bridgehead atoms. The second kappa shape index (κ2) is 9.80. The minimum absolute atomic E-state index is 0.0773. The summed E-state index contributed by atoms with van der Waals surface area (Å²) in [5.74, 6) is -0.269. The highest BCUT2D eigenvalue weighted by Crippen LogP contribution is 2.24. The van der Waals surface area contributed by atoms with Gasteiger partial charge in [-0.3, -0.25) is 14.5 Å². The molecule has 0 unspecified atom stereocenters. The first-order chi connectivity index (χ1) is 14.1. The summed E-state index contributed by atoms with van der Waals surface area (Å²) in [7, 11) is 0. The van der Waals surface area contributed by atoms with Gasteiger partial charge in [0.15, 0.2) is 5.78 Å². The molecule has 1 atom stereocenters. The molecule has 1 fully saturated rings. The van der Waals surface area contributed by atoms with E-state index in [1.54, 1.807) is 30.4 Å². The van der Waals surface area contributed by atoms with E-state index < -0.39 is 0 Å². The van der Waals surface area contributed by atoms with E-state index in [2.05, 4.69) is 35.5 Å². The predicted octanol–water partition coefficient (Wildman–Crippen LogP) is 4.77. The lowest BCUT2D eigenvalue weighted by atomic mass is 10.0. The molecule has 1 amide bonds. The van der Waals surface area contributed by atoms with E-state index in [1.807, 2.05) is 24.3 Å². The number of carbonyl (C=O) groups excluding carboxylic acids is 2. The molecule has 148 valence electrons. The summed E-state index contributed by atoms with van der Waals surface area (Å²) in [5.41, 5.74) is 2.59. The Labute approximate surface area is 172 Å². The number of allylic oxidation sites excluding steroid dienone is 4. The first-order valence-corrected chi connectivity index (χ1v) is 9.81. The molecular formula is C25H26N2O2. The van der Waals surface area contributed by atoms with Crippen LogP contribution in [0.3, 0.4) is 0 Å². The van der Waals surface area contributed by atoms with Crippen molar-refractivity contribution in [3.05, 3.63) is 103 Å². The van der Waals surface area contributed by atoms with Crippen LogP contribution in [0, 0.1) is 0 Å². The number of nitrogens with one attached hydrogen (secondary N) is 1. The van der Waals surface area contributed by atoms with Gasteiger partial charge < -0.3 is 5.32 Å². The molecule has 1 aliphatic heterocycles. The number of anilines is 1. The van der Waals surface area contributed by atoms with E-state index in [-0.39, 0.29) is 17.7 Å². The molecule has 0 aliphatic carbocycles. The minimum Gasteiger partial charge on any atom is -0.324 e. The van der Waals surface area contributed by atoms with Crippen LogP contribution in [0.4, 0.5) is 5.69 Å². The van der Waals surface area contributed by atoms with E-state index in [4.69, 9.17) is 0 Å². The van der Waals surface area contributed by atoms with Crippen LogP contribution in [-0.2, 0) is 11.3 Å². The van der Waals surface area contributed by atoms with Crippen LogP contribution in [0.25, 0.3) is 0 Å². The van der Waals surface area contributed by atoms with Crippen LogP contribution in [0.2, 0.25) is 0 Å². The Morgan fingerprint density at radius 2 is 1.79 bits per heavy atom. The summed E-state index contributed by atoms with van der Waals surface area (Å²) >= 11 is 0. The third-order valence-electron chi connectivity index (χ3n) is 5.10. The monoisotopic (exact) mass is 386 g/mol. The molecule has 0 radical (unpaired) electrons. The Kier molecular flexibility index (Phi) is 6.93. The van der Waals surface area contributed by atoms with Gasteiger partial charge in [-0.1, -0.05) is 73.9 Å². The lowest BCUT2D eigenvalue weighted by Gasteiger charge is -2.24. The number of nitrogens with zero attached hydrogens (tertiary/aromatic N) is 1. The van der Waals surface area contributed by atoms with E-state index in [0.717, 1.165) is 25.9 Å². The highest BCUT2D eigenvalue weighted by atomic mass is 16.2. The van der Waals surface area contributed by atoms with Crippen LogP contribution in [0.15, 0.2) is 91.6 Å². The Bertz CT molecular complexity index is 931. The molecular weight excluding hydrogens is 360 g/mol. The second-order valence-corrected chi connectivity index (χ2v) is 7.04. The van der Waals surface area contributed by atoms with Gasteiger partial charge >= 0.3 is 0 Å². The van der Waals surface area contributed by atoms with Gasteiger partial charge in [0.1, 0.15) is 0 Å². The van der Waals surface area contributed by atoms with Crippen LogP contribution < -0.4 is 5.32 Å². The molecule has 1 saturated heterocycles. The highest BCUT2D eigenvalue weighted by molar-refractivity contribution is 6.15. The maximum atomic E-state index is 13.0. The van der Waals surface area contributed by atoms with Crippen LogP contribution in [0.1, 0.15) is 28.8 Å². The summed E-state index contributed by atoms with van der Waals surface area (Å²) < 4.78 is 0. The fraction of sp³-hybridized carbons (Fsp3) is 0.200.